The molecule has 2 rings (SSSR count). The lowest BCUT2D eigenvalue weighted by Crippen LogP contribution is -2.42. The second kappa shape index (κ2) is 6.81. The number of ether oxygens (including phenoxy) is 1. The predicted octanol–water partition coefficient (Wildman–Crippen LogP) is 2.31. The zero-order valence-corrected chi connectivity index (χ0v) is 13.4. The van der Waals surface area contributed by atoms with Crippen molar-refractivity contribution in [1.29, 1.82) is 0 Å². The number of hydrogen-bond acceptors (Lipinski definition) is 3. The van der Waals surface area contributed by atoms with E-state index in [1.54, 1.807) is 4.90 Å². The van der Waals surface area contributed by atoms with E-state index in [2.05, 4.69) is 0 Å². The van der Waals surface area contributed by atoms with Gasteiger partial charge in [0.15, 0.2) is 6.61 Å². The number of aryl methyl sites for hydroxylation is 2. The van der Waals surface area contributed by atoms with E-state index in [4.69, 9.17) is 9.84 Å². The molecule has 1 heterocycles. The van der Waals surface area contributed by atoms with Gasteiger partial charge in [-0.05, 0) is 50.3 Å². The SMILES string of the molecule is Cc1ccc(C)c(OCC(=O)N2CCC(C(=O)O)CC2)c1C. The Morgan fingerprint density at radius 3 is 2.36 bits per heavy atom. The average molecular weight is 305 g/mol. The molecule has 0 atom stereocenters. The lowest BCUT2D eigenvalue weighted by Gasteiger charge is -2.30. The number of aliphatic carboxylic acids is 1. The molecule has 1 aliphatic heterocycles. The number of benzene rings is 1. The molecule has 1 fully saturated rings. The van der Waals surface area contributed by atoms with Crippen molar-refractivity contribution in [1.82, 2.24) is 4.90 Å². The van der Waals surface area contributed by atoms with Crippen LogP contribution in [0.15, 0.2) is 12.1 Å². The Hall–Kier alpha value is -2.04. The average Bonchev–Trinajstić information content (AvgIpc) is 2.51. The molecule has 5 nitrogen and oxygen atoms in total. The summed E-state index contributed by atoms with van der Waals surface area (Å²) in [6.45, 7) is 6.95. The quantitative estimate of drug-likeness (QED) is 0.927. The van der Waals surface area contributed by atoms with E-state index >= 15 is 0 Å². The highest BCUT2D eigenvalue weighted by Gasteiger charge is 2.27. The van der Waals surface area contributed by atoms with Crippen LogP contribution < -0.4 is 4.74 Å². The summed E-state index contributed by atoms with van der Waals surface area (Å²) in [4.78, 5) is 24.8. The van der Waals surface area contributed by atoms with Crippen molar-refractivity contribution in [2.75, 3.05) is 19.7 Å². The van der Waals surface area contributed by atoms with E-state index in [0.717, 1.165) is 22.4 Å². The Bertz CT molecular complexity index is 574. The second-order valence-corrected chi connectivity index (χ2v) is 5.94. The molecule has 1 amide bonds. The fraction of sp³-hybridized carbons (Fsp3) is 0.529. The van der Waals surface area contributed by atoms with Crippen LogP contribution in [0.3, 0.4) is 0 Å². The third-order valence-electron chi connectivity index (χ3n) is 4.41. The molecule has 1 saturated heterocycles. The van der Waals surface area contributed by atoms with E-state index in [-0.39, 0.29) is 18.4 Å². The number of amides is 1. The molecular weight excluding hydrogens is 282 g/mol. The summed E-state index contributed by atoms with van der Waals surface area (Å²) < 4.78 is 5.73. The number of nitrogens with zero attached hydrogens (tertiary/aromatic N) is 1. The third-order valence-corrected chi connectivity index (χ3v) is 4.41. The number of carboxylic acids is 1. The Balaban J connectivity index is 1.92. The smallest absolute Gasteiger partial charge is 0.306 e. The van der Waals surface area contributed by atoms with Crippen molar-refractivity contribution in [2.24, 2.45) is 5.92 Å². The summed E-state index contributed by atoms with van der Waals surface area (Å²) in [6.07, 6.45) is 1.03. The zero-order chi connectivity index (χ0) is 16.3. The molecule has 1 aromatic rings. The van der Waals surface area contributed by atoms with Crippen LogP contribution in [-0.2, 0) is 9.59 Å². The van der Waals surface area contributed by atoms with Crippen LogP contribution in [0.1, 0.15) is 29.5 Å². The number of piperidine rings is 1. The first-order valence-corrected chi connectivity index (χ1v) is 7.60. The van der Waals surface area contributed by atoms with Gasteiger partial charge in [0, 0.05) is 13.1 Å². The summed E-state index contributed by atoms with van der Waals surface area (Å²) in [7, 11) is 0. The van der Waals surface area contributed by atoms with Gasteiger partial charge in [0.05, 0.1) is 5.92 Å². The number of carbonyl (C=O) groups is 2. The fourth-order valence-corrected chi connectivity index (χ4v) is 2.75. The molecule has 1 aromatic carbocycles. The maximum absolute atomic E-state index is 12.2. The molecule has 5 heteroatoms. The first-order chi connectivity index (χ1) is 10.4. The maximum Gasteiger partial charge on any atom is 0.306 e. The minimum absolute atomic E-state index is 0.00285. The summed E-state index contributed by atoms with van der Waals surface area (Å²) in [5, 5.41) is 8.97. The molecule has 120 valence electrons. The van der Waals surface area contributed by atoms with Gasteiger partial charge in [0.25, 0.3) is 5.91 Å². The van der Waals surface area contributed by atoms with Crippen LogP contribution in [0.5, 0.6) is 5.75 Å². The van der Waals surface area contributed by atoms with Crippen molar-refractivity contribution in [3.05, 3.63) is 28.8 Å². The van der Waals surface area contributed by atoms with Crippen molar-refractivity contribution < 1.29 is 19.4 Å². The topological polar surface area (TPSA) is 66.8 Å². The van der Waals surface area contributed by atoms with Crippen LogP contribution in [-0.4, -0.2) is 41.6 Å². The monoisotopic (exact) mass is 305 g/mol. The van der Waals surface area contributed by atoms with Crippen molar-refractivity contribution in [3.63, 3.8) is 0 Å². The van der Waals surface area contributed by atoms with E-state index in [9.17, 15) is 9.59 Å². The van der Waals surface area contributed by atoms with Crippen LogP contribution in [0, 0.1) is 26.7 Å². The van der Waals surface area contributed by atoms with Crippen LogP contribution in [0.4, 0.5) is 0 Å². The molecule has 0 saturated carbocycles. The maximum atomic E-state index is 12.2. The Kier molecular flexibility index (Phi) is 5.06. The Morgan fingerprint density at radius 2 is 1.77 bits per heavy atom. The standard InChI is InChI=1S/C17H23NO4/c1-11-4-5-12(2)16(13(11)3)22-10-15(19)18-8-6-14(7-9-18)17(20)21/h4-5,14H,6-10H2,1-3H3,(H,20,21). The van der Waals surface area contributed by atoms with Gasteiger partial charge in [-0.15, -0.1) is 0 Å². The van der Waals surface area contributed by atoms with Gasteiger partial charge < -0.3 is 14.7 Å². The number of likely N-dealkylation sites (tertiary alicyclic amines) is 1. The van der Waals surface area contributed by atoms with Gasteiger partial charge in [0.1, 0.15) is 5.75 Å². The summed E-state index contributed by atoms with van der Waals surface area (Å²) in [5.41, 5.74) is 3.20. The normalized spacial score (nSPS) is 15.7. The lowest BCUT2D eigenvalue weighted by atomic mass is 9.97. The largest absolute Gasteiger partial charge is 0.483 e. The highest BCUT2D eigenvalue weighted by molar-refractivity contribution is 5.78. The fourth-order valence-electron chi connectivity index (χ4n) is 2.75. The molecular formula is C17H23NO4. The van der Waals surface area contributed by atoms with E-state index < -0.39 is 5.97 Å². The zero-order valence-electron chi connectivity index (χ0n) is 13.4. The molecule has 22 heavy (non-hydrogen) atoms. The van der Waals surface area contributed by atoms with Crippen LogP contribution >= 0.6 is 0 Å². The number of carbonyl (C=O) groups excluding carboxylic acids is 1. The van der Waals surface area contributed by atoms with Crippen LogP contribution in [0.25, 0.3) is 0 Å². The van der Waals surface area contributed by atoms with E-state index in [0.29, 0.717) is 25.9 Å². The van der Waals surface area contributed by atoms with E-state index in [1.165, 1.54) is 0 Å². The van der Waals surface area contributed by atoms with Crippen molar-refractivity contribution in [2.45, 2.75) is 33.6 Å². The minimum atomic E-state index is -0.769. The first kappa shape index (κ1) is 16.3. The summed E-state index contributed by atoms with van der Waals surface area (Å²) in [6, 6.07) is 4.02. The molecule has 0 bridgehead atoms. The Labute approximate surface area is 130 Å². The number of carboxylic acid groups (broad SMARTS) is 1. The molecule has 0 aliphatic carbocycles. The molecule has 1 N–H and O–H groups in total. The van der Waals surface area contributed by atoms with Gasteiger partial charge in [-0.1, -0.05) is 12.1 Å². The second-order valence-electron chi connectivity index (χ2n) is 5.94. The summed E-state index contributed by atoms with van der Waals surface area (Å²) >= 11 is 0. The van der Waals surface area contributed by atoms with Gasteiger partial charge in [-0.3, -0.25) is 9.59 Å². The number of hydrogen-bond donors (Lipinski definition) is 1. The highest BCUT2D eigenvalue weighted by atomic mass is 16.5. The molecule has 0 unspecified atom stereocenters. The summed E-state index contributed by atoms with van der Waals surface area (Å²) in [5.74, 6) is -0.404. The lowest BCUT2D eigenvalue weighted by molar-refractivity contribution is -0.146. The molecule has 0 aromatic heterocycles. The van der Waals surface area contributed by atoms with Gasteiger partial charge in [-0.2, -0.15) is 0 Å². The number of rotatable bonds is 4. The van der Waals surface area contributed by atoms with Crippen molar-refractivity contribution >= 4 is 11.9 Å². The predicted molar refractivity (Wildman–Crippen MR) is 83.1 cm³/mol. The van der Waals surface area contributed by atoms with Crippen molar-refractivity contribution in [3.8, 4) is 5.75 Å². The van der Waals surface area contributed by atoms with Gasteiger partial charge in [0.2, 0.25) is 0 Å². The molecule has 0 spiro atoms. The van der Waals surface area contributed by atoms with Gasteiger partial charge in [-0.25, -0.2) is 0 Å². The molecule has 1 aliphatic rings. The van der Waals surface area contributed by atoms with Gasteiger partial charge >= 0.3 is 5.97 Å². The Morgan fingerprint density at radius 1 is 1.18 bits per heavy atom. The van der Waals surface area contributed by atoms with E-state index in [1.807, 2.05) is 32.9 Å². The highest BCUT2D eigenvalue weighted by Crippen LogP contribution is 2.26. The first-order valence-electron chi connectivity index (χ1n) is 7.60. The van der Waals surface area contributed by atoms with Crippen LogP contribution in [0.2, 0.25) is 0 Å². The third kappa shape index (κ3) is 3.59. The molecule has 0 radical (unpaired) electrons. The minimum Gasteiger partial charge on any atom is -0.483 e.